The second kappa shape index (κ2) is 8.58. The molecule has 3 aromatic rings. The minimum atomic E-state index is -1.14. The zero-order chi connectivity index (χ0) is 24.7. The van der Waals surface area contributed by atoms with Crippen LogP contribution in [0.1, 0.15) is 45.8 Å². The number of rotatable bonds is 6. The van der Waals surface area contributed by atoms with Crippen molar-refractivity contribution in [1.82, 2.24) is 4.90 Å². The summed E-state index contributed by atoms with van der Waals surface area (Å²) in [6.45, 7) is 1.90. The average molecular weight is 471 g/mol. The van der Waals surface area contributed by atoms with E-state index in [1.54, 1.807) is 25.1 Å². The van der Waals surface area contributed by atoms with Crippen LogP contribution in [-0.2, 0) is 9.53 Å². The van der Waals surface area contributed by atoms with E-state index in [0.29, 0.717) is 29.7 Å². The average Bonchev–Trinajstić information content (AvgIpc) is 3.62. The van der Waals surface area contributed by atoms with E-state index in [1.165, 1.54) is 11.9 Å². The number of fused-ring (bicyclic) bond motifs is 3. The molecule has 7 heteroatoms. The van der Waals surface area contributed by atoms with Gasteiger partial charge >= 0.3 is 12.1 Å². The molecule has 7 nitrogen and oxygen atoms in total. The number of hydrogen-bond acceptors (Lipinski definition) is 4. The molecule has 2 N–H and O–H groups in total. The summed E-state index contributed by atoms with van der Waals surface area (Å²) in [6, 6.07) is 21.2. The maximum absolute atomic E-state index is 13.0. The lowest BCUT2D eigenvalue weighted by atomic mass is 9.98. The Morgan fingerprint density at radius 1 is 0.971 bits per heavy atom. The van der Waals surface area contributed by atoms with E-state index in [0.717, 1.165) is 22.3 Å². The first-order valence-corrected chi connectivity index (χ1v) is 11.6. The molecule has 1 fully saturated rings. The molecule has 0 spiro atoms. The minimum Gasteiger partial charge on any atom is -0.479 e. The number of benzene rings is 3. The van der Waals surface area contributed by atoms with Crippen molar-refractivity contribution in [1.29, 1.82) is 0 Å². The van der Waals surface area contributed by atoms with Crippen LogP contribution in [0.2, 0.25) is 0 Å². The molecular formula is C28H26N2O5. The molecule has 0 bridgehead atoms. The summed E-state index contributed by atoms with van der Waals surface area (Å²) >= 11 is 0. The van der Waals surface area contributed by atoms with E-state index < -0.39 is 23.5 Å². The van der Waals surface area contributed by atoms with Gasteiger partial charge in [0.05, 0.1) is 0 Å². The van der Waals surface area contributed by atoms with Crippen molar-refractivity contribution in [3.63, 3.8) is 0 Å². The maximum Gasteiger partial charge on any atom is 0.411 e. The fourth-order valence-corrected chi connectivity index (χ4v) is 4.93. The topological polar surface area (TPSA) is 95.9 Å². The molecule has 0 saturated heterocycles. The Morgan fingerprint density at radius 2 is 1.57 bits per heavy atom. The number of amides is 2. The Balaban J connectivity index is 1.29. The largest absolute Gasteiger partial charge is 0.479 e. The summed E-state index contributed by atoms with van der Waals surface area (Å²) in [4.78, 5) is 38.7. The van der Waals surface area contributed by atoms with Gasteiger partial charge in [-0.25, -0.2) is 9.59 Å². The van der Waals surface area contributed by atoms with E-state index in [9.17, 15) is 19.5 Å². The van der Waals surface area contributed by atoms with Crippen LogP contribution in [0, 0.1) is 6.92 Å². The number of likely N-dealkylation sites (N-methyl/N-ethyl adjacent to an activating group) is 1. The van der Waals surface area contributed by atoms with Crippen molar-refractivity contribution < 1.29 is 24.2 Å². The first kappa shape index (κ1) is 22.7. The van der Waals surface area contributed by atoms with Crippen molar-refractivity contribution in [2.45, 2.75) is 31.2 Å². The van der Waals surface area contributed by atoms with Gasteiger partial charge in [-0.2, -0.15) is 0 Å². The van der Waals surface area contributed by atoms with Crippen LogP contribution in [-0.4, -0.2) is 47.2 Å². The first-order chi connectivity index (χ1) is 16.8. The Hall–Kier alpha value is -4.13. The highest BCUT2D eigenvalue weighted by Crippen LogP contribution is 2.45. The number of nitrogens with one attached hydrogen (secondary N) is 1. The van der Waals surface area contributed by atoms with Gasteiger partial charge in [-0.15, -0.1) is 0 Å². The van der Waals surface area contributed by atoms with Gasteiger partial charge in [-0.3, -0.25) is 10.1 Å². The van der Waals surface area contributed by atoms with E-state index >= 15 is 0 Å². The lowest BCUT2D eigenvalue weighted by molar-refractivity contribution is -0.143. The number of aliphatic carboxylic acids is 1. The standard InChI is InChI=1S/C28H26N2O5/c1-17-18(25(31)30(2)28(14-15-28)26(32)33)12-7-13-24(17)29-27(34)35-16-23-21-10-5-3-8-19(21)20-9-4-6-11-22(20)23/h3-13,23H,14-16H2,1-2H3,(H,29,34)(H,32,33). The Kier molecular flexibility index (Phi) is 5.55. The normalized spacial score (nSPS) is 15.0. The zero-order valence-electron chi connectivity index (χ0n) is 19.6. The van der Waals surface area contributed by atoms with Gasteiger partial charge in [0.2, 0.25) is 0 Å². The molecule has 1 saturated carbocycles. The fourth-order valence-electron chi connectivity index (χ4n) is 4.93. The summed E-state index contributed by atoms with van der Waals surface area (Å²) in [6.07, 6.45) is 0.250. The summed E-state index contributed by atoms with van der Waals surface area (Å²) in [5, 5.41) is 12.3. The molecular weight excluding hydrogens is 444 g/mol. The SMILES string of the molecule is Cc1c(NC(=O)OCC2c3ccccc3-c3ccccc32)cccc1C(=O)N(C)C1(C(=O)O)CC1. The molecule has 3 aromatic carbocycles. The summed E-state index contributed by atoms with van der Waals surface area (Å²) < 4.78 is 5.62. The first-order valence-electron chi connectivity index (χ1n) is 11.6. The molecule has 0 heterocycles. The van der Waals surface area contributed by atoms with Crippen LogP contribution in [0.3, 0.4) is 0 Å². The van der Waals surface area contributed by atoms with Crippen molar-refractivity contribution in [3.8, 4) is 11.1 Å². The van der Waals surface area contributed by atoms with Gasteiger partial charge in [0.25, 0.3) is 5.91 Å². The van der Waals surface area contributed by atoms with Gasteiger partial charge in [-0.1, -0.05) is 54.6 Å². The van der Waals surface area contributed by atoms with Crippen LogP contribution in [0.4, 0.5) is 10.5 Å². The van der Waals surface area contributed by atoms with Crippen molar-refractivity contribution in [2.75, 3.05) is 19.0 Å². The van der Waals surface area contributed by atoms with E-state index in [2.05, 4.69) is 29.6 Å². The third-order valence-electron chi connectivity index (χ3n) is 7.21. The predicted octanol–water partition coefficient (Wildman–Crippen LogP) is 5.05. The third-order valence-corrected chi connectivity index (χ3v) is 7.21. The quantitative estimate of drug-likeness (QED) is 0.526. The maximum atomic E-state index is 13.0. The van der Waals surface area contributed by atoms with Gasteiger partial charge in [-0.05, 0) is 59.7 Å². The van der Waals surface area contributed by atoms with Crippen LogP contribution >= 0.6 is 0 Å². The lowest BCUT2D eigenvalue weighted by Crippen LogP contribution is -2.44. The number of carboxylic acids is 1. The summed E-state index contributed by atoms with van der Waals surface area (Å²) in [5.74, 6) is -1.45. The minimum absolute atomic E-state index is 0.0541. The van der Waals surface area contributed by atoms with Crippen LogP contribution in [0.15, 0.2) is 66.7 Å². The van der Waals surface area contributed by atoms with E-state index in [-0.39, 0.29) is 12.5 Å². The van der Waals surface area contributed by atoms with Gasteiger partial charge in [0.1, 0.15) is 12.1 Å². The smallest absolute Gasteiger partial charge is 0.411 e. The predicted molar refractivity (Wildman–Crippen MR) is 132 cm³/mol. The molecule has 0 radical (unpaired) electrons. The lowest BCUT2D eigenvalue weighted by Gasteiger charge is -2.25. The van der Waals surface area contributed by atoms with Gasteiger partial charge in [0.15, 0.2) is 0 Å². The molecule has 2 aliphatic rings. The Bertz CT molecular complexity index is 1300. The Labute approximate surface area is 203 Å². The number of carbonyl (C=O) groups excluding carboxylic acids is 2. The van der Waals surface area contributed by atoms with Crippen molar-refractivity contribution in [3.05, 3.63) is 89.0 Å². The molecule has 178 valence electrons. The van der Waals surface area contributed by atoms with Crippen LogP contribution in [0.25, 0.3) is 11.1 Å². The highest BCUT2D eigenvalue weighted by atomic mass is 16.5. The molecule has 0 aromatic heterocycles. The highest BCUT2D eigenvalue weighted by molar-refractivity contribution is 6.01. The van der Waals surface area contributed by atoms with Crippen LogP contribution in [0.5, 0.6) is 0 Å². The zero-order valence-corrected chi connectivity index (χ0v) is 19.6. The highest BCUT2D eigenvalue weighted by Gasteiger charge is 2.55. The third kappa shape index (κ3) is 3.83. The monoisotopic (exact) mass is 470 g/mol. The number of ether oxygens (including phenoxy) is 1. The molecule has 0 atom stereocenters. The number of carbonyl (C=O) groups is 3. The van der Waals surface area contributed by atoms with Crippen molar-refractivity contribution in [2.24, 2.45) is 0 Å². The second-order valence-electron chi connectivity index (χ2n) is 9.13. The fraction of sp³-hybridized carbons (Fsp3) is 0.250. The molecule has 5 rings (SSSR count). The van der Waals surface area contributed by atoms with Gasteiger partial charge in [0, 0.05) is 24.2 Å². The van der Waals surface area contributed by atoms with Crippen molar-refractivity contribution >= 4 is 23.7 Å². The van der Waals surface area contributed by atoms with Gasteiger partial charge < -0.3 is 14.7 Å². The van der Waals surface area contributed by atoms with E-state index in [1.807, 2.05) is 24.3 Å². The number of carboxylic acid groups (broad SMARTS) is 1. The second-order valence-corrected chi connectivity index (χ2v) is 9.13. The molecule has 35 heavy (non-hydrogen) atoms. The summed E-state index contributed by atoms with van der Waals surface area (Å²) in [7, 11) is 1.51. The number of hydrogen-bond donors (Lipinski definition) is 2. The molecule has 0 unspecified atom stereocenters. The number of nitrogens with zero attached hydrogens (tertiary/aromatic N) is 1. The van der Waals surface area contributed by atoms with E-state index in [4.69, 9.17) is 4.74 Å². The molecule has 2 aliphatic carbocycles. The molecule has 0 aliphatic heterocycles. The number of anilines is 1. The summed E-state index contributed by atoms with van der Waals surface area (Å²) in [5.41, 5.74) is 4.76. The Morgan fingerprint density at radius 3 is 2.14 bits per heavy atom. The molecule has 2 amide bonds. The van der Waals surface area contributed by atoms with Crippen LogP contribution < -0.4 is 5.32 Å².